The second kappa shape index (κ2) is 4.69. The summed E-state index contributed by atoms with van der Waals surface area (Å²) in [5.41, 5.74) is 0.897. The Morgan fingerprint density at radius 2 is 2.06 bits per heavy atom. The van der Waals surface area contributed by atoms with Crippen molar-refractivity contribution >= 4 is 15.9 Å². The van der Waals surface area contributed by atoms with Crippen LogP contribution in [-0.4, -0.2) is 12.6 Å². The Labute approximate surface area is 110 Å². The van der Waals surface area contributed by atoms with Crippen molar-refractivity contribution in [1.29, 1.82) is 0 Å². The molecule has 0 bridgehead atoms. The number of halogens is 2. The molecule has 1 aromatic carbocycles. The van der Waals surface area contributed by atoms with Gasteiger partial charge in [-0.2, -0.15) is 0 Å². The summed E-state index contributed by atoms with van der Waals surface area (Å²) in [6, 6.07) is 6.05. The molecule has 2 atom stereocenters. The lowest BCUT2D eigenvalue weighted by atomic mass is 9.70. The van der Waals surface area contributed by atoms with Gasteiger partial charge in [0.15, 0.2) is 0 Å². The Kier molecular flexibility index (Phi) is 3.22. The van der Waals surface area contributed by atoms with Gasteiger partial charge in [-0.05, 0) is 67.8 Å². The van der Waals surface area contributed by atoms with E-state index in [2.05, 4.69) is 21.2 Å². The van der Waals surface area contributed by atoms with Crippen LogP contribution < -0.4 is 5.32 Å². The van der Waals surface area contributed by atoms with Gasteiger partial charge in [0.05, 0.1) is 0 Å². The van der Waals surface area contributed by atoms with Gasteiger partial charge in [-0.3, -0.25) is 0 Å². The van der Waals surface area contributed by atoms with Crippen molar-refractivity contribution in [2.45, 2.75) is 37.6 Å². The molecule has 0 spiro atoms. The minimum absolute atomic E-state index is 0.0469. The summed E-state index contributed by atoms with van der Waals surface area (Å²) in [4.78, 5) is 0. The van der Waals surface area contributed by atoms with Gasteiger partial charge in [0.2, 0.25) is 0 Å². The van der Waals surface area contributed by atoms with Crippen molar-refractivity contribution < 1.29 is 4.39 Å². The first kappa shape index (κ1) is 11.7. The largest absolute Gasteiger partial charge is 0.314 e. The average molecular weight is 298 g/mol. The van der Waals surface area contributed by atoms with Gasteiger partial charge < -0.3 is 5.32 Å². The molecule has 0 aromatic heterocycles. The molecular formula is C14H17BrFN. The molecule has 2 fully saturated rings. The molecule has 2 unspecified atom stereocenters. The van der Waals surface area contributed by atoms with Gasteiger partial charge in [0.1, 0.15) is 5.82 Å². The van der Waals surface area contributed by atoms with Gasteiger partial charge in [0.25, 0.3) is 0 Å². The Morgan fingerprint density at radius 3 is 2.71 bits per heavy atom. The summed E-state index contributed by atoms with van der Waals surface area (Å²) >= 11 is 3.43. The lowest BCUT2D eigenvalue weighted by Gasteiger charge is -2.37. The smallest absolute Gasteiger partial charge is 0.126 e. The van der Waals surface area contributed by atoms with Crippen LogP contribution in [0.2, 0.25) is 0 Å². The normalized spacial score (nSPS) is 27.9. The van der Waals surface area contributed by atoms with Gasteiger partial charge in [-0.15, -0.1) is 0 Å². The van der Waals surface area contributed by atoms with Crippen molar-refractivity contribution in [2.24, 2.45) is 5.92 Å². The van der Waals surface area contributed by atoms with E-state index in [1.54, 1.807) is 12.1 Å². The standard InChI is InChI=1S/C14H17BrFN/c15-10-2-6-14(16)13(7-10)12-5-1-9(12)8-17-11-3-4-11/h2,6-7,9,11-12,17H,1,3-5,8H2. The summed E-state index contributed by atoms with van der Waals surface area (Å²) in [5, 5.41) is 3.56. The van der Waals surface area contributed by atoms with Gasteiger partial charge in [-0.1, -0.05) is 15.9 Å². The van der Waals surface area contributed by atoms with Crippen molar-refractivity contribution in [2.75, 3.05) is 6.54 Å². The molecule has 0 saturated heterocycles. The molecule has 1 N–H and O–H groups in total. The SMILES string of the molecule is Fc1ccc(Br)cc1C1CCC1CNC1CC1. The molecule has 0 aliphatic heterocycles. The molecule has 17 heavy (non-hydrogen) atoms. The van der Waals surface area contributed by atoms with Crippen molar-refractivity contribution in [1.82, 2.24) is 5.32 Å². The third-order valence-corrected chi connectivity index (χ3v) is 4.51. The summed E-state index contributed by atoms with van der Waals surface area (Å²) in [5.74, 6) is 0.993. The predicted molar refractivity (Wildman–Crippen MR) is 70.6 cm³/mol. The lowest BCUT2D eigenvalue weighted by Crippen LogP contribution is -2.35. The van der Waals surface area contributed by atoms with Crippen molar-refractivity contribution in [3.05, 3.63) is 34.1 Å². The number of nitrogens with one attached hydrogen (secondary N) is 1. The monoisotopic (exact) mass is 297 g/mol. The van der Waals surface area contributed by atoms with Crippen LogP contribution in [0.1, 0.15) is 37.2 Å². The highest BCUT2D eigenvalue weighted by molar-refractivity contribution is 9.10. The molecule has 2 aliphatic rings. The van der Waals surface area contributed by atoms with Gasteiger partial charge in [-0.25, -0.2) is 4.39 Å². The van der Waals surface area contributed by atoms with Crippen LogP contribution in [0.15, 0.2) is 22.7 Å². The lowest BCUT2D eigenvalue weighted by molar-refractivity contribution is 0.240. The summed E-state index contributed by atoms with van der Waals surface area (Å²) in [6.07, 6.45) is 5.01. The maximum absolute atomic E-state index is 13.8. The van der Waals surface area contributed by atoms with Crippen LogP contribution in [0.25, 0.3) is 0 Å². The zero-order chi connectivity index (χ0) is 11.8. The molecule has 1 aromatic rings. The molecule has 92 valence electrons. The quantitative estimate of drug-likeness (QED) is 0.890. The molecule has 2 aliphatic carbocycles. The third kappa shape index (κ3) is 2.55. The maximum Gasteiger partial charge on any atom is 0.126 e. The molecular weight excluding hydrogens is 281 g/mol. The van der Waals surface area contributed by atoms with Crippen molar-refractivity contribution in [3.8, 4) is 0 Å². The Bertz CT molecular complexity index is 417. The average Bonchev–Trinajstić information content (AvgIpc) is 3.06. The topological polar surface area (TPSA) is 12.0 Å². The first-order valence-electron chi connectivity index (χ1n) is 6.42. The van der Waals surface area contributed by atoms with E-state index in [4.69, 9.17) is 0 Å². The van der Waals surface area contributed by atoms with Crippen LogP contribution in [0, 0.1) is 11.7 Å². The molecule has 3 rings (SSSR count). The fraction of sp³-hybridized carbons (Fsp3) is 0.571. The number of hydrogen-bond acceptors (Lipinski definition) is 1. The fourth-order valence-corrected chi connectivity index (χ4v) is 3.01. The summed E-state index contributed by atoms with van der Waals surface area (Å²) in [6.45, 7) is 1.06. The van der Waals surface area contributed by atoms with Gasteiger partial charge in [0, 0.05) is 10.5 Å². The van der Waals surface area contributed by atoms with Crippen LogP contribution in [-0.2, 0) is 0 Å². The summed E-state index contributed by atoms with van der Waals surface area (Å²) in [7, 11) is 0. The molecule has 3 heteroatoms. The highest BCUT2D eigenvalue weighted by Crippen LogP contribution is 2.44. The minimum Gasteiger partial charge on any atom is -0.314 e. The maximum atomic E-state index is 13.8. The number of benzene rings is 1. The highest BCUT2D eigenvalue weighted by Gasteiger charge is 2.34. The van der Waals surface area contributed by atoms with E-state index in [1.807, 2.05) is 6.07 Å². The second-order valence-electron chi connectivity index (χ2n) is 5.29. The van der Waals surface area contributed by atoms with E-state index >= 15 is 0 Å². The number of hydrogen-bond donors (Lipinski definition) is 1. The first-order valence-corrected chi connectivity index (χ1v) is 7.21. The van der Waals surface area contributed by atoms with E-state index in [1.165, 1.54) is 19.3 Å². The number of rotatable bonds is 4. The second-order valence-corrected chi connectivity index (χ2v) is 6.21. The Balaban J connectivity index is 1.67. The molecule has 0 amide bonds. The summed E-state index contributed by atoms with van der Waals surface area (Å²) < 4.78 is 14.8. The fourth-order valence-electron chi connectivity index (χ4n) is 2.63. The van der Waals surface area contributed by atoms with E-state index in [-0.39, 0.29) is 5.82 Å². The molecule has 1 nitrogen and oxygen atoms in total. The van der Waals surface area contributed by atoms with Crippen LogP contribution in [0.4, 0.5) is 4.39 Å². The molecule has 0 radical (unpaired) electrons. The predicted octanol–water partition coefficient (Wildman–Crippen LogP) is 3.83. The van der Waals surface area contributed by atoms with E-state index < -0.39 is 0 Å². The highest BCUT2D eigenvalue weighted by atomic mass is 79.9. The van der Waals surface area contributed by atoms with Crippen LogP contribution in [0.3, 0.4) is 0 Å². The Morgan fingerprint density at radius 1 is 1.24 bits per heavy atom. The van der Waals surface area contributed by atoms with Crippen LogP contribution in [0.5, 0.6) is 0 Å². The van der Waals surface area contributed by atoms with Gasteiger partial charge >= 0.3 is 0 Å². The van der Waals surface area contributed by atoms with Crippen molar-refractivity contribution in [3.63, 3.8) is 0 Å². The minimum atomic E-state index is -0.0469. The molecule has 0 heterocycles. The van der Waals surface area contributed by atoms with Crippen LogP contribution >= 0.6 is 15.9 Å². The molecule has 2 saturated carbocycles. The zero-order valence-electron chi connectivity index (χ0n) is 9.76. The first-order chi connectivity index (χ1) is 8.24. The Hall–Kier alpha value is -0.410. The van der Waals surface area contributed by atoms with E-state index in [0.29, 0.717) is 11.8 Å². The van der Waals surface area contributed by atoms with E-state index in [0.717, 1.165) is 29.0 Å². The third-order valence-electron chi connectivity index (χ3n) is 4.02. The van der Waals surface area contributed by atoms with E-state index in [9.17, 15) is 4.39 Å². The zero-order valence-corrected chi connectivity index (χ0v) is 11.3.